The van der Waals surface area contributed by atoms with E-state index in [1.165, 1.54) is 32.1 Å². The van der Waals surface area contributed by atoms with E-state index < -0.39 is 0 Å². The summed E-state index contributed by atoms with van der Waals surface area (Å²) in [7, 11) is 0. The Kier molecular flexibility index (Phi) is 5.83. The first-order valence-corrected chi connectivity index (χ1v) is 8.46. The van der Waals surface area contributed by atoms with Gasteiger partial charge in [0.1, 0.15) is 0 Å². The number of aromatic amines is 1. The lowest BCUT2D eigenvalue weighted by Gasteiger charge is -2.30. The van der Waals surface area contributed by atoms with Crippen molar-refractivity contribution in [2.24, 2.45) is 5.92 Å². The molecule has 4 heteroatoms. The molecule has 1 N–H and O–H groups in total. The number of unbranched alkanes of at least 4 members (excludes halogenated alkanes) is 3. The SMILES string of the molecule is CCCCCCc1c(C)nc(N2CCC(C)CC2)[nH]c1=O. The third kappa shape index (κ3) is 4.32. The molecule has 118 valence electrons. The van der Waals surface area contributed by atoms with E-state index in [2.05, 4.69) is 28.7 Å². The molecule has 1 aliphatic heterocycles. The minimum absolute atomic E-state index is 0.0626. The van der Waals surface area contributed by atoms with Crippen LogP contribution in [0.2, 0.25) is 0 Å². The Morgan fingerprint density at radius 2 is 1.95 bits per heavy atom. The fraction of sp³-hybridized carbons (Fsp3) is 0.765. The topological polar surface area (TPSA) is 49.0 Å². The number of aryl methyl sites for hydroxylation is 1. The Hall–Kier alpha value is -1.32. The van der Waals surface area contributed by atoms with Gasteiger partial charge in [-0.3, -0.25) is 9.78 Å². The molecule has 1 fully saturated rings. The number of nitrogens with one attached hydrogen (secondary N) is 1. The van der Waals surface area contributed by atoms with Gasteiger partial charge in [0, 0.05) is 24.3 Å². The van der Waals surface area contributed by atoms with Gasteiger partial charge in [0.25, 0.3) is 5.56 Å². The molecule has 1 saturated heterocycles. The van der Waals surface area contributed by atoms with E-state index in [1.807, 2.05) is 6.92 Å². The van der Waals surface area contributed by atoms with E-state index in [9.17, 15) is 4.79 Å². The lowest BCUT2D eigenvalue weighted by molar-refractivity contribution is 0.434. The molecule has 1 aromatic heterocycles. The molecule has 2 heterocycles. The van der Waals surface area contributed by atoms with Crippen molar-refractivity contribution in [3.63, 3.8) is 0 Å². The zero-order valence-electron chi connectivity index (χ0n) is 13.7. The van der Waals surface area contributed by atoms with Crippen molar-refractivity contribution < 1.29 is 0 Å². The Balaban J connectivity index is 2.04. The first kappa shape index (κ1) is 16.1. The molecule has 0 amide bonds. The van der Waals surface area contributed by atoms with E-state index in [4.69, 9.17) is 0 Å². The highest BCUT2D eigenvalue weighted by atomic mass is 16.1. The summed E-state index contributed by atoms with van der Waals surface area (Å²) in [6, 6.07) is 0. The highest BCUT2D eigenvalue weighted by molar-refractivity contribution is 5.33. The van der Waals surface area contributed by atoms with Crippen molar-refractivity contribution in [3.05, 3.63) is 21.6 Å². The number of H-pyrrole nitrogens is 1. The largest absolute Gasteiger partial charge is 0.342 e. The molecule has 4 nitrogen and oxygen atoms in total. The van der Waals surface area contributed by atoms with Crippen LogP contribution in [0.4, 0.5) is 5.95 Å². The van der Waals surface area contributed by atoms with Crippen LogP contribution >= 0.6 is 0 Å². The summed E-state index contributed by atoms with van der Waals surface area (Å²) < 4.78 is 0. The molecular weight excluding hydrogens is 262 g/mol. The number of rotatable bonds is 6. The van der Waals surface area contributed by atoms with Gasteiger partial charge < -0.3 is 4.90 Å². The molecule has 0 bridgehead atoms. The highest BCUT2D eigenvalue weighted by Gasteiger charge is 2.19. The normalized spacial score (nSPS) is 16.4. The average molecular weight is 291 g/mol. The summed E-state index contributed by atoms with van der Waals surface area (Å²) in [5.74, 6) is 1.55. The van der Waals surface area contributed by atoms with Crippen LogP contribution in [0.5, 0.6) is 0 Å². The minimum Gasteiger partial charge on any atom is -0.342 e. The summed E-state index contributed by atoms with van der Waals surface area (Å²) in [4.78, 5) is 22.2. The molecule has 0 atom stereocenters. The van der Waals surface area contributed by atoms with E-state index in [0.29, 0.717) is 0 Å². The molecule has 2 rings (SSSR count). The van der Waals surface area contributed by atoms with Gasteiger partial charge in [0.2, 0.25) is 5.95 Å². The van der Waals surface area contributed by atoms with Crippen molar-refractivity contribution >= 4 is 5.95 Å². The van der Waals surface area contributed by atoms with Crippen LogP contribution in [0.1, 0.15) is 63.6 Å². The number of nitrogens with zero attached hydrogens (tertiary/aromatic N) is 2. The molecule has 0 saturated carbocycles. The summed E-state index contributed by atoms with van der Waals surface area (Å²) in [6.45, 7) is 8.46. The van der Waals surface area contributed by atoms with Gasteiger partial charge in [0.15, 0.2) is 0 Å². The Morgan fingerprint density at radius 3 is 2.57 bits per heavy atom. The summed E-state index contributed by atoms with van der Waals surface area (Å²) in [5.41, 5.74) is 1.84. The summed E-state index contributed by atoms with van der Waals surface area (Å²) in [6.07, 6.45) is 7.96. The molecule has 1 aromatic rings. The predicted molar refractivity (Wildman–Crippen MR) is 88.1 cm³/mol. The van der Waals surface area contributed by atoms with Crippen LogP contribution in [0, 0.1) is 12.8 Å². The first-order chi connectivity index (χ1) is 10.1. The van der Waals surface area contributed by atoms with Crippen LogP contribution in [-0.4, -0.2) is 23.1 Å². The number of anilines is 1. The molecule has 0 spiro atoms. The van der Waals surface area contributed by atoms with Crippen LogP contribution in [0.15, 0.2) is 4.79 Å². The molecular formula is C17H29N3O. The second-order valence-corrected chi connectivity index (χ2v) is 6.43. The molecule has 0 aliphatic carbocycles. The van der Waals surface area contributed by atoms with Crippen LogP contribution in [-0.2, 0) is 6.42 Å². The smallest absolute Gasteiger partial charge is 0.255 e. The zero-order valence-corrected chi connectivity index (χ0v) is 13.7. The van der Waals surface area contributed by atoms with Crippen molar-refractivity contribution in [2.45, 2.75) is 65.7 Å². The second-order valence-electron chi connectivity index (χ2n) is 6.43. The summed E-state index contributed by atoms with van der Waals surface area (Å²) in [5, 5.41) is 0. The van der Waals surface area contributed by atoms with Crippen LogP contribution in [0.3, 0.4) is 0 Å². The Morgan fingerprint density at radius 1 is 1.24 bits per heavy atom. The van der Waals surface area contributed by atoms with Crippen molar-refractivity contribution in [3.8, 4) is 0 Å². The minimum atomic E-state index is 0.0626. The van der Waals surface area contributed by atoms with Gasteiger partial charge in [0.05, 0.1) is 0 Å². The predicted octanol–water partition coefficient (Wildman–Crippen LogP) is 3.44. The molecule has 0 aromatic carbocycles. The standard InChI is InChI=1S/C17H29N3O/c1-4-5-6-7-8-15-14(3)18-17(19-16(15)21)20-11-9-13(2)10-12-20/h13H,4-12H2,1-3H3,(H,18,19,21). The third-order valence-corrected chi connectivity index (χ3v) is 4.57. The fourth-order valence-corrected chi connectivity index (χ4v) is 2.99. The monoisotopic (exact) mass is 291 g/mol. The lowest BCUT2D eigenvalue weighted by Crippen LogP contribution is -2.35. The van der Waals surface area contributed by atoms with Gasteiger partial charge in [-0.15, -0.1) is 0 Å². The highest BCUT2D eigenvalue weighted by Crippen LogP contribution is 2.20. The molecule has 0 radical (unpaired) electrons. The Bertz CT molecular complexity index is 501. The van der Waals surface area contributed by atoms with Gasteiger partial charge in [-0.1, -0.05) is 33.1 Å². The van der Waals surface area contributed by atoms with E-state index in [-0.39, 0.29) is 5.56 Å². The quantitative estimate of drug-likeness (QED) is 0.817. The second kappa shape index (κ2) is 7.62. The Labute approximate surface area is 128 Å². The zero-order chi connectivity index (χ0) is 15.2. The van der Waals surface area contributed by atoms with Gasteiger partial charge in [-0.25, -0.2) is 4.98 Å². The fourth-order valence-electron chi connectivity index (χ4n) is 2.99. The van der Waals surface area contributed by atoms with Crippen LogP contribution < -0.4 is 10.5 Å². The van der Waals surface area contributed by atoms with Gasteiger partial charge in [-0.05, 0) is 38.5 Å². The number of aromatic nitrogens is 2. The lowest BCUT2D eigenvalue weighted by atomic mass is 9.99. The summed E-state index contributed by atoms with van der Waals surface area (Å²) >= 11 is 0. The molecule has 21 heavy (non-hydrogen) atoms. The van der Waals surface area contributed by atoms with Crippen molar-refractivity contribution in [1.82, 2.24) is 9.97 Å². The maximum Gasteiger partial charge on any atom is 0.255 e. The first-order valence-electron chi connectivity index (χ1n) is 8.46. The number of piperidine rings is 1. The number of hydrogen-bond donors (Lipinski definition) is 1. The maximum atomic E-state index is 12.3. The number of hydrogen-bond acceptors (Lipinski definition) is 3. The molecule has 1 aliphatic rings. The molecule has 0 unspecified atom stereocenters. The van der Waals surface area contributed by atoms with Gasteiger partial charge in [-0.2, -0.15) is 0 Å². The van der Waals surface area contributed by atoms with E-state index >= 15 is 0 Å². The average Bonchev–Trinajstić information content (AvgIpc) is 2.46. The van der Waals surface area contributed by atoms with E-state index in [1.54, 1.807) is 0 Å². The van der Waals surface area contributed by atoms with Crippen molar-refractivity contribution in [2.75, 3.05) is 18.0 Å². The third-order valence-electron chi connectivity index (χ3n) is 4.57. The van der Waals surface area contributed by atoms with Crippen molar-refractivity contribution in [1.29, 1.82) is 0 Å². The van der Waals surface area contributed by atoms with Crippen LogP contribution in [0.25, 0.3) is 0 Å². The van der Waals surface area contributed by atoms with Gasteiger partial charge >= 0.3 is 0 Å². The van der Waals surface area contributed by atoms with E-state index in [0.717, 1.165) is 49.1 Å². The maximum absolute atomic E-state index is 12.3.